The Kier molecular flexibility index (Phi) is 4.58. The number of nitrogens with zero attached hydrogens (tertiary/aromatic N) is 4. The second-order valence-corrected chi connectivity index (χ2v) is 5.89. The summed E-state index contributed by atoms with van der Waals surface area (Å²) in [6.45, 7) is 10.1. The molecular weight excluding hydrogens is 238 g/mol. The average molecular weight is 265 g/mol. The van der Waals surface area contributed by atoms with Crippen molar-refractivity contribution in [3.63, 3.8) is 0 Å². The topological polar surface area (TPSA) is 46.0 Å². The quantitative estimate of drug-likeness (QED) is 0.842. The van der Waals surface area contributed by atoms with Gasteiger partial charge in [-0.25, -0.2) is 4.98 Å². The molecule has 19 heavy (non-hydrogen) atoms. The molecule has 0 saturated carbocycles. The van der Waals surface area contributed by atoms with Gasteiger partial charge in [-0.1, -0.05) is 0 Å². The molecule has 0 aromatic carbocycles. The molecule has 1 atom stereocenters. The Bertz CT molecular complexity index is 392. The minimum absolute atomic E-state index is 0.149. The summed E-state index contributed by atoms with van der Waals surface area (Å²) < 4.78 is 1.99. The molecule has 1 aliphatic rings. The third kappa shape index (κ3) is 2.98. The number of aryl methyl sites for hydroxylation is 1. The molecular formula is C14H27N5. The van der Waals surface area contributed by atoms with Gasteiger partial charge in [0.25, 0.3) is 0 Å². The molecule has 0 aliphatic carbocycles. The summed E-state index contributed by atoms with van der Waals surface area (Å²) in [5, 5.41) is 7.75. The molecule has 1 aromatic rings. The van der Waals surface area contributed by atoms with E-state index < -0.39 is 0 Å². The number of hydrogen-bond donors (Lipinski definition) is 1. The van der Waals surface area contributed by atoms with E-state index in [1.54, 1.807) is 6.33 Å². The van der Waals surface area contributed by atoms with Gasteiger partial charge in [0.15, 0.2) is 0 Å². The van der Waals surface area contributed by atoms with Crippen molar-refractivity contribution >= 4 is 0 Å². The summed E-state index contributed by atoms with van der Waals surface area (Å²) in [5.74, 6) is 1.08. The maximum Gasteiger partial charge on any atom is 0.138 e. The van der Waals surface area contributed by atoms with Crippen LogP contribution in [0.25, 0.3) is 0 Å². The van der Waals surface area contributed by atoms with Gasteiger partial charge in [0.2, 0.25) is 0 Å². The summed E-state index contributed by atoms with van der Waals surface area (Å²) in [6, 6.07) is 0.389. The van der Waals surface area contributed by atoms with Gasteiger partial charge in [0.05, 0.1) is 0 Å². The van der Waals surface area contributed by atoms with E-state index in [1.807, 2.05) is 4.68 Å². The molecule has 1 fully saturated rings. The second kappa shape index (κ2) is 6.01. The normalized spacial score (nSPS) is 18.9. The largest absolute Gasteiger partial charge is 0.315 e. The first kappa shape index (κ1) is 14.5. The van der Waals surface area contributed by atoms with Crippen LogP contribution in [0.3, 0.4) is 0 Å². The van der Waals surface area contributed by atoms with E-state index in [1.165, 1.54) is 25.9 Å². The van der Waals surface area contributed by atoms with Gasteiger partial charge in [-0.3, -0.25) is 9.58 Å². The number of nitrogens with one attached hydrogen (secondary N) is 1. The lowest BCUT2D eigenvalue weighted by Crippen LogP contribution is -2.57. The zero-order valence-electron chi connectivity index (χ0n) is 12.7. The van der Waals surface area contributed by atoms with Crippen LogP contribution in [-0.4, -0.2) is 51.4 Å². The van der Waals surface area contributed by atoms with Gasteiger partial charge >= 0.3 is 0 Å². The van der Waals surface area contributed by atoms with E-state index in [4.69, 9.17) is 0 Å². The van der Waals surface area contributed by atoms with E-state index in [-0.39, 0.29) is 5.54 Å². The Balaban J connectivity index is 2.10. The first-order valence-corrected chi connectivity index (χ1v) is 7.38. The predicted octanol–water partition coefficient (Wildman–Crippen LogP) is 1.30. The van der Waals surface area contributed by atoms with Crippen LogP contribution in [0, 0.1) is 0 Å². The van der Waals surface area contributed by atoms with E-state index in [9.17, 15) is 0 Å². The predicted molar refractivity (Wildman–Crippen MR) is 77.1 cm³/mol. The van der Waals surface area contributed by atoms with Crippen LogP contribution in [0.15, 0.2) is 6.33 Å². The van der Waals surface area contributed by atoms with Crippen LogP contribution in [-0.2, 0) is 13.0 Å². The van der Waals surface area contributed by atoms with Crippen LogP contribution in [0.2, 0.25) is 0 Å². The molecule has 0 spiro atoms. The molecule has 0 amide bonds. The zero-order chi connectivity index (χ0) is 13.9. The van der Waals surface area contributed by atoms with Crippen LogP contribution >= 0.6 is 0 Å². The van der Waals surface area contributed by atoms with E-state index in [2.05, 4.69) is 48.1 Å². The van der Waals surface area contributed by atoms with Gasteiger partial charge in [0, 0.05) is 24.5 Å². The van der Waals surface area contributed by atoms with Gasteiger partial charge < -0.3 is 5.32 Å². The van der Waals surface area contributed by atoms with Gasteiger partial charge in [-0.2, -0.15) is 5.10 Å². The highest BCUT2D eigenvalue weighted by Crippen LogP contribution is 2.25. The molecule has 2 rings (SSSR count). The van der Waals surface area contributed by atoms with Crippen molar-refractivity contribution in [2.75, 3.05) is 20.1 Å². The molecule has 1 N–H and O–H groups in total. The maximum atomic E-state index is 4.41. The van der Waals surface area contributed by atoms with Crippen LogP contribution in [0.4, 0.5) is 0 Å². The highest BCUT2D eigenvalue weighted by atomic mass is 15.3. The minimum atomic E-state index is 0.149. The summed E-state index contributed by atoms with van der Waals surface area (Å²) in [6.07, 6.45) is 5.23. The SMILES string of the molecule is CCn1ncnc1CC(NC)C(C)(C)N1CCCC1. The first-order chi connectivity index (χ1) is 9.09. The van der Waals surface area contributed by atoms with Crippen molar-refractivity contribution < 1.29 is 0 Å². The van der Waals surface area contributed by atoms with E-state index in [0.717, 1.165) is 18.8 Å². The van der Waals surface area contributed by atoms with Gasteiger partial charge in [0.1, 0.15) is 12.2 Å². The number of aromatic nitrogens is 3. The lowest BCUT2D eigenvalue weighted by Gasteiger charge is -2.42. The molecule has 1 aliphatic heterocycles. The number of rotatable bonds is 6. The van der Waals surface area contributed by atoms with Gasteiger partial charge in [-0.15, -0.1) is 0 Å². The Hall–Kier alpha value is -0.940. The fraction of sp³-hybridized carbons (Fsp3) is 0.857. The van der Waals surface area contributed by atoms with Gasteiger partial charge in [-0.05, 0) is 53.8 Å². The number of hydrogen-bond acceptors (Lipinski definition) is 4. The minimum Gasteiger partial charge on any atom is -0.315 e. The smallest absolute Gasteiger partial charge is 0.138 e. The summed E-state index contributed by atoms with van der Waals surface area (Å²) in [7, 11) is 2.05. The lowest BCUT2D eigenvalue weighted by atomic mass is 9.90. The summed E-state index contributed by atoms with van der Waals surface area (Å²) in [5.41, 5.74) is 0.149. The Labute approximate surface area is 116 Å². The Morgan fingerprint density at radius 2 is 2.05 bits per heavy atom. The van der Waals surface area contributed by atoms with E-state index >= 15 is 0 Å². The van der Waals surface area contributed by atoms with Crippen molar-refractivity contribution in [3.05, 3.63) is 12.2 Å². The maximum absolute atomic E-state index is 4.41. The Morgan fingerprint density at radius 3 is 2.63 bits per heavy atom. The fourth-order valence-corrected chi connectivity index (χ4v) is 3.11. The van der Waals surface area contributed by atoms with Crippen LogP contribution < -0.4 is 5.32 Å². The van der Waals surface area contributed by atoms with Crippen molar-refractivity contribution in [2.24, 2.45) is 0 Å². The summed E-state index contributed by atoms with van der Waals surface area (Å²) in [4.78, 5) is 7.01. The molecule has 5 heteroatoms. The standard InChI is InChI=1S/C14H27N5/c1-5-19-13(16-11-17-19)10-12(15-4)14(2,3)18-8-6-7-9-18/h11-12,15H,5-10H2,1-4H3. The molecule has 1 aromatic heterocycles. The zero-order valence-corrected chi connectivity index (χ0v) is 12.7. The van der Waals surface area contributed by atoms with Crippen molar-refractivity contribution in [2.45, 2.75) is 58.2 Å². The first-order valence-electron chi connectivity index (χ1n) is 7.38. The second-order valence-electron chi connectivity index (χ2n) is 5.89. The highest BCUT2D eigenvalue weighted by molar-refractivity contribution is 5.01. The molecule has 2 heterocycles. The van der Waals surface area contributed by atoms with E-state index in [0.29, 0.717) is 6.04 Å². The van der Waals surface area contributed by atoms with Crippen molar-refractivity contribution in [3.8, 4) is 0 Å². The highest BCUT2D eigenvalue weighted by Gasteiger charge is 2.36. The third-order valence-electron chi connectivity index (χ3n) is 4.50. The molecule has 108 valence electrons. The molecule has 1 saturated heterocycles. The molecule has 0 radical (unpaired) electrons. The number of likely N-dealkylation sites (N-methyl/N-ethyl adjacent to an activating group) is 1. The Morgan fingerprint density at radius 1 is 1.37 bits per heavy atom. The third-order valence-corrected chi connectivity index (χ3v) is 4.50. The molecule has 0 bridgehead atoms. The lowest BCUT2D eigenvalue weighted by molar-refractivity contribution is 0.109. The van der Waals surface area contributed by atoms with Crippen LogP contribution in [0.1, 0.15) is 39.4 Å². The molecule has 1 unspecified atom stereocenters. The van der Waals surface area contributed by atoms with Crippen molar-refractivity contribution in [1.29, 1.82) is 0 Å². The fourth-order valence-electron chi connectivity index (χ4n) is 3.11. The monoisotopic (exact) mass is 265 g/mol. The van der Waals surface area contributed by atoms with Crippen LogP contribution in [0.5, 0.6) is 0 Å². The molecule has 5 nitrogen and oxygen atoms in total. The summed E-state index contributed by atoms with van der Waals surface area (Å²) >= 11 is 0. The number of likely N-dealkylation sites (tertiary alicyclic amines) is 1. The average Bonchev–Trinajstić information content (AvgIpc) is 3.06. The van der Waals surface area contributed by atoms with Crippen molar-refractivity contribution in [1.82, 2.24) is 25.0 Å².